The van der Waals surface area contributed by atoms with Gasteiger partial charge in [0.25, 0.3) is 0 Å². The van der Waals surface area contributed by atoms with Gasteiger partial charge in [-0.15, -0.1) is 0 Å². The van der Waals surface area contributed by atoms with E-state index in [1.807, 2.05) is 0 Å². The lowest BCUT2D eigenvalue weighted by atomic mass is 10.0. The second-order valence-corrected chi connectivity index (χ2v) is 6.86. The molecule has 1 aliphatic heterocycles. The topological polar surface area (TPSA) is 32.5 Å². The molecule has 1 fully saturated rings. The minimum absolute atomic E-state index is 0.135. The fraction of sp³-hybridized carbons (Fsp3) is 0.625. The quantitative estimate of drug-likeness (QED) is 0.915. The number of hydrogen-bond donors (Lipinski definition) is 1. The van der Waals surface area contributed by atoms with Crippen LogP contribution >= 0.6 is 15.9 Å². The molecule has 3 nitrogen and oxygen atoms in total. The van der Waals surface area contributed by atoms with Crippen LogP contribution in [0.25, 0.3) is 0 Å². The van der Waals surface area contributed by atoms with Gasteiger partial charge in [-0.05, 0) is 57.6 Å². The highest BCUT2D eigenvalue weighted by molar-refractivity contribution is 9.10. The average molecular weight is 340 g/mol. The van der Waals surface area contributed by atoms with Gasteiger partial charge in [0.1, 0.15) is 0 Å². The van der Waals surface area contributed by atoms with Crippen LogP contribution in [0.5, 0.6) is 0 Å². The molecule has 0 amide bonds. The van der Waals surface area contributed by atoms with Crippen molar-refractivity contribution in [2.75, 3.05) is 33.2 Å². The molecule has 0 saturated carbocycles. The van der Waals surface area contributed by atoms with Gasteiger partial charge in [-0.25, -0.2) is 0 Å². The summed E-state index contributed by atoms with van der Waals surface area (Å²) in [6, 6.07) is 9.14. The molecule has 20 heavy (non-hydrogen) atoms. The lowest BCUT2D eigenvalue weighted by Crippen LogP contribution is -2.39. The first-order chi connectivity index (χ1) is 9.56. The molecule has 4 heteroatoms. The Balaban J connectivity index is 1.86. The van der Waals surface area contributed by atoms with Gasteiger partial charge in [0, 0.05) is 29.6 Å². The van der Waals surface area contributed by atoms with Crippen molar-refractivity contribution in [2.24, 2.45) is 5.73 Å². The maximum Gasteiger partial charge on any atom is 0.0307 e. The van der Waals surface area contributed by atoms with E-state index in [2.05, 4.69) is 64.0 Å². The van der Waals surface area contributed by atoms with Crippen molar-refractivity contribution >= 4 is 15.9 Å². The summed E-state index contributed by atoms with van der Waals surface area (Å²) in [5, 5.41) is 0. The monoisotopic (exact) mass is 339 g/mol. The summed E-state index contributed by atoms with van der Waals surface area (Å²) in [7, 11) is 2.22. The first kappa shape index (κ1) is 16.0. The molecule has 0 spiro atoms. The predicted molar refractivity (Wildman–Crippen MR) is 88.8 cm³/mol. The summed E-state index contributed by atoms with van der Waals surface area (Å²) in [5.41, 5.74) is 7.55. The molecule has 1 aromatic rings. The average Bonchev–Trinajstić information content (AvgIpc) is 2.57. The Hall–Kier alpha value is -0.420. The summed E-state index contributed by atoms with van der Waals surface area (Å²) in [6.45, 7) is 6.98. The molecule has 2 atom stereocenters. The van der Waals surface area contributed by atoms with E-state index in [0.29, 0.717) is 6.04 Å². The molecule has 0 bridgehead atoms. The maximum atomic E-state index is 6.32. The molecule has 0 radical (unpaired) electrons. The number of likely N-dealkylation sites (N-methyl/N-ethyl adjacent to an activating group) is 1. The van der Waals surface area contributed by atoms with Crippen molar-refractivity contribution in [3.05, 3.63) is 34.3 Å². The third kappa shape index (κ3) is 4.55. The van der Waals surface area contributed by atoms with Crippen molar-refractivity contribution in [3.8, 4) is 0 Å². The highest BCUT2D eigenvalue weighted by Crippen LogP contribution is 2.19. The van der Waals surface area contributed by atoms with E-state index in [1.54, 1.807) is 0 Å². The lowest BCUT2D eigenvalue weighted by molar-refractivity contribution is 0.196. The Bertz CT molecular complexity index is 407. The summed E-state index contributed by atoms with van der Waals surface area (Å²) in [5.74, 6) is 0. The van der Waals surface area contributed by atoms with Crippen LogP contribution in [0.1, 0.15) is 31.4 Å². The molecule has 1 heterocycles. The summed E-state index contributed by atoms with van der Waals surface area (Å²) < 4.78 is 1.11. The van der Waals surface area contributed by atoms with Crippen LogP contribution in [-0.4, -0.2) is 49.1 Å². The third-order valence-corrected chi connectivity index (χ3v) is 4.74. The molecule has 1 saturated heterocycles. The molecular formula is C16H26BrN3. The van der Waals surface area contributed by atoms with Gasteiger partial charge in [0.2, 0.25) is 0 Å². The summed E-state index contributed by atoms with van der Waals surface area (Å²) in [6.07, 6.45) is 2.28. The smallest absolute Gasteiger partial charge is 0.0307 e. The molecule has 1 aromatic carbocycles. The Labute approximate surface area is 131 Å². The summed E-state index contributed by atoms with van der Waals surface area (Å²) in [4.78, 5) is 5.02. The first-order valence-electron chi connectivity index (χ1n) is 7.50. The second-order valence-electron chi connectivity index (χ2n) is 5.95. The number of hydrogen-bond acceptors (Lipinski definition) is 3. The Morgan fingerprint density at radius 1 is 1.30 bits per heavy atom. The van der Waals surface area contributed by atoms with E-state index in [-0.39, 0.29) is 6.04 Å². The SMILES string of the molecule is CC1CN(C)CCCN1CCC(N)c1ccc(Br)cc1. The first-order valence-corrected chi connectivity index (χ1v) is 8.29. The highest BCUT2D eigenvalue weighted by Gasteiger charge is 2.20. The Morgan fingerprint density at radius 3 is 2.70 bits per heavy atom. The number of halogens is 1. The number of nitrogens with two attached hydrogens (primary N) is 1. The molecule has 2 N–H and O–H groups in total. The van der Waals surface area contributed by atoms with E-state index in [4.69, 9.17) is 5.73 Å². The number of rotatable bonds is 4. The van der Waals surface area contributed by atoms with Gasteiger partial charge in [-0.3, -0.25) is 4.90 Å². The van der Waals surface area contributed by atoms with Gasteiger partial charge < -0.3 is 10.6 Å². The zero-order valence-electron chi connectivity index (χ0n) is 12.6. The molecule has 0 aliphatic carbocycles. The highest BCUT2D eigenvalue weighted by atomic mass is 79.9. The Kier molecular flexibility index (Phi) is 6.02. The van der Waals surface area contributed by atoms with Gasteiger partial charge in [-0.1, -0.05) is 28.1 Å². The van der Waals surface area contributed by atoms with Crippen LogP contribution < -0.4 is 5.73 Å². The van der Waals surface area contributed by atoms with E-state index in [9.17, 15) is 0 Å². The van der Waals surface area contributed by atoms with Crippen LogP contribution in [0.2, 0.25) is 0 Å². The third-order valence-electron chi connectivity index (χ3n) is 4.21. The second kappa shape index (κ2) is 7.55. The Morgan fingerprint density at radius 2 is 2.00 bits per heavy atom. The van der Waals surface area contributed by atoms with E-state index >= 15 is 0 Å². The van der Waals surface area contributed by atoms with Crippen molar-refractivity contribution < 1.29 is 0 Å². The standard InChI is InChI=1S/C16H26BrN3/c1-13-12-19(2)9-3-10-20(13)11-8-16(18)14-4-6-15(17)7-5-14/h4-7,13,16H,3,8-12,18H2,1-2H3. The van der Waals surface area contributed by atoms with Crippen LogP contribution in [0, 0.1) is 0 Å². The van der Waals surface area contributed by atoms with Crippen LogP contribution in [0.15, 0.2) is 28.7 Å². The van der Waals surface area contributed by atoms with Crippen molar-refractivity contribution in [2.45, 2.75) is 31.8 Å². The van der Waals surface area contributed by atoms with Crippen LogP contribution in [0.3, 0.4) is 0 Å². The van der Waals surface area contributed by atoms with E-state index in [0.717, 1.165) is 24.0 Å². The van der Waals surface area contributed by atoms with Crippen LogP contribution in [0.4, 0.5) is 0 Å². The molecule has 1 aliphatic rings. The van der Waals surface area contributed by atoms with Gasteiger partial charge in [-0.2, -0.15) is 0 Å². The van der Waals surface area contributed by atoms with Gasteiger partial charge in [0.05, 0.1) is 0 Å². The fourth-order valence-corrected chi connectivity index (χ4v) is 3.20. The number of nitrogens with zero attached hydrogens (tertiary/aromatic N) is 2. The van der Waals surface area contributed by atoms with Crippen LogP contribution in [-0.2, 0) is 0 Å². The largest absolute Gasteiger partial charge is 0.324 e. The minimum atomic E-state index is 0.135. The normalized spacial score (nSPS) is 23.5. The van der Waals surface area contributed by atoms with E-state index < -0.39 is 0 Å². The zero-order chi connectivity index (χ0) is 14.5. The number of benzene rings is 1. The van der Waals surface area contributed by atoms with Crippen molar-refractivity contribution in [3.63, 3.8) is 0 Å². The zero-order valence-corrected chi connectivity index (χ0v) is 14.1. The van der Waals surface area contributed by atoms with Crippen molar-refractivity contribution in [1.29, 1.82) is 0 Å². The lowest BCUT2D eigenvalue weighted by Gasteiger charge is -2.28. The van der Waals surface area contributed by atoms with Gasteiger partial charge in [0.15, 0.2) is 0 Å². The molecule has 0 aromatic heterocycles. The molecule has 2 rings (SSSR count). The van der Waals surface area contributed by atoms with E-state index in [1.165, 1.54) is 25.1 Å². The van der Waals surface area contributed by atoms with Crippen molar-refractivity contribution in [1.82, 2.24) is 9.80 Å². The molecule has 112 valence electrons. The van der Waals surface area contributed by atoms with Gasteiger partial charge >= 0.3 is 0 Å². The molecule has 2 unspecified atom stereocenters. The molecular weight excluding hydrogens is 314 g/mol. The minimum Gasteiger partial charge on any atom is -0.324 e. The maximum absolute atomic E-state index is 6.32. The fourth-order valence-electron chi connectivity index (χ4n) is 2.94. The summed E-state index contributed by atoms with van der Waals surface area (Å²) >= 11 is 3.46. The predicted octanol–water partition coefficient (Wildman–Crippen LogP) is 2.87.